The van der Waals surface area contributed by atoms with E-state index in [4.69, 9.17) is 4.42 Å². The average Bonchev–Trinajstić information content (AvgIpc) is 2.77. The smallest absolute Gasteiger partial charge is 0.406 e. The number of anilines is 1. The van der Waals surface area contributed by atoms with Crippen molar-refractivity contribution in [3.8, 4) is 0 Å². The topological polar surface area (TPSA) is 60.1 Å². The summed E-state index contributed by atoms with van der Waals surface area (Å²) in [5, 5.41) is 3.27. The number of nitrogens with one attached hydrogen (secondary N) is 1. The standard InChI is InChI=1S/C15H15N3O2/c1-11-4-6-12(7-5-11)16-9-10-18-14-13(20-15(18)19)3-2-8-17-14/h2-8,16H,9-10H2,1H3. The fourth-order valence-electron chi connectivity index (χ4n) is 2.08. The molecule has 2 aromatic heterocycles. The zero-order chi connectivity index (χ0) is 13.9. The molecule has 0 unspecified atom stereocenters. The minimum atomic E-state index is -0.371. The zero-order valence-electron chi connectivity index (χ0n) is 11.2. The molecule has 0 bridgehead atoms. The minimum absolute atomic E-state index is 0.371. The lowest BCUT2D eigenvalue weighted by atomic mass is 10.2. The molecular weight excluding hydrogens is 254 g/mol. The highest BCUT2D eigenvalue weighted by atomic mass is 16.4. The fraction of sp³-hybridized carbons (Fsp3) is 0.200. The van der Waals surface area contributed by atoms with Crippen molar-refractivity contribution in [2.24, 2.45) is 0 Å². The van der Waals surface area contributed by atoms with E-state index in [1.807, 2.05) is 31.2 Å². The Kier molecular flexibility index (Phi) is 3.25. The Balaban J connectivity index is 1.72. The number of fused-ring (bicyclic) bond motifs is 1. The van der Waals surface area contributed by atoms with Crippen LogP contribution in [0.25, 0.3) is 11.2 Å². The summed E-state index contributed by atoms with van der Waals surface area (Å²) < 4.78 is 6.67. The number of oxazole rings is 1. The molecular formula is C15H15N3O2. The molecule has 0 aliphatic heterocycles. The number of aryl methyl sites for hydroxylation is 1. The third-order valence-electron chi connectivity index (χ3n) is 3.14. The summed E-state index contributed by atoms with van der Waals surface area (Å²) in [5.41, 5.74) is 3.36. The van der Waals surface area contributed by atoms with Gasteiger partial charge in [0, 0.05) is 25.0 Å². The molecule has 0 saturated carbocycles. The van der Waals surface area contributed by atoms with Gasteiger partial charge in [-0.05, 0) is 31.2 Å². The second kappa shape index (κ2) is 5.21. The van der Waals surface area contributed by atoms with Crippen LogP contribution in [-0.2, 0) is 6.54 Å². The predicted molar refractivity (Wildman–Crippen MR) is 77.9 cm³/mol. The van der Waals surface area contributed by atoms with Crippen LogP contribution in [0, 0.1) is 6.92 Å². The SMILES string of the molecule is Cc1ccc(NCCn2c(=O)oc3cccnc32)cc1. The Bertz CT molecular complexity index is 772. The van der Waals surface area contributed by atoms with Gasteiger partial charge in [0.1, 0.15) is 0 Å². The molecule has 0 radical (unpaired) electrons. The second-order valence-corrected chi connectivity index (χ2v) is 4.64. The quantitative estimate of drug-likeness (QED) is 0.790. The van der Waals surface area contributed by atoms with Gasteiger partial charge < -0.3 is 9.73 Å². The number of hydrogen-bond donors (Lipinski definition) is 1. The van der Waals surface area contributed by atoms with Crippen molar-refractivity contribution in [2.45, 2.75) is 13.5 Å². The summed E-state index contributed by atoms with van der Waals surface area (Å²) in [6.45, 7) is 3.19. The van der Waals surface area contributed by atoms with E-state index in [0.29, 0.717) is 24.3 Å². The van der Waals surface area contributed by atoms with Crippen LogP contribution in [0.15, 0.2) is 51.8 Å². The predicted octanol–water partition coefficient (Wildman–Crippen LogP) is 2.41. The van der Waals surface area contributed by atoms with Crippen molar-refractivity contribution in [3.05, 3.63) is 58.7 Å². The molecule has 0 aliphatic rings. The molecule has 1 N–H and O–H groups in total. The van der Waals surface area contributed by atoms with Gasteiger partial charge in [0.05, 0.1) is 0 Å². The fourth-order valence-corrected chi connectivity index (χ4v) is 2.08. The zero-order valence-corrected chi connectivity index (χ0v) is 11.2. The number of pyridine rings is 1. The van der Waals surface area contributed by atoms with E-state index in [1.165, 1.54) is 10.1 Å². The lowest BCUT2D eigenvalue weighted by Gasteiger charge is -2.06. The molecule has 3 rings (SSSR count). The van der Waals surface area contributed by atoms with E-state index in [9.17, 15) is 4.79 Å². The van der Waals surface area contributed by atoms with Crippen molar-refractivity contribution in [1.82, 2.24) is 9.55 Å². The molecule has 3 aromatic rings. The van der Waals surface area contributed by atoms with E-state index in [0.717, 1.165) is 5.69 Å². The van der Waals surface area contributed by atoms with Gasteiger partial charge in [0.15, 0.2) is 11.2 Å². The van der Waals surface area contributed by atoms with Gasteiger partial charge in [0.25, 0.3) is 0 Å². The molecule has 0 saturated heterocycles. The highest BCUT2D eigenvalue weighted by molar-refractivity contribution is 5.67. The van der Waals surface area contributed by atoms with Gasteiger partial charge in [-0.1, -0.05) is 17.7 Å². The first kappa shape index (κ1) is 12.5. The summed E-state index contributed by atoms with van der Waals surface area (Å²) >= 11 is 0. The van der Waals surface area contributed by atoms with Crippen LogP contribution in [0.3, 0.4) is 0 Å². The summed E-state index contributed by atoms with van der Waals surface area (Å²) in [4.78, 5) is 15.9. The van der Waals surface area contributed by atoms with Gasteiger partial charge in [-0.3, -0.25) is 4.57 Å². The number of aromatic nitrogens is 2. The van der Waals surface area contributed by atoms with Crippen LogP contribution in [0.2, 0.25) is 0 Å². The molecule has 5 nitrogen and oxygen atoms in total. The molecule has 0 atom stereocenters. The Morgan fingerprint density at radius 3 is 2.85 bits per heavy atom. The van der Waals surface area contributed by atoms with Crippen molar-refractivity contribution < 1.29 is 4.42 Å². The molecule has 0 aliphatic carbocycles. The van der Waals surface area contributed by atoms with Crippen molar-refractivity contribution in [1.29, 1.82) is 0 Å². The van der Waals surface area contributed by atoms with Crippen LogP contribution in [-0.4, -0.2) is 16.1 Å². The molecule has 102 valence electrons. The molecule has 2 heterocycles. The normalized spacial score (nSPS) is 10.8. The Labute approximate surface area is 115 Å². The van der Waals surface area contributed by atoms with Crippen molar-refractivity contribution in [2.75, 3.05) is 11.9 Å². The first-order valence-corrected chi connectivity index (χ1v) is 6.49. The summed E-state index contributed by atoms with van der Waals surface area (Å²) in [5.74, 6) is -0.371. The van der Waals surface area contributed by atoms with Gasteiger partial charge in [-0.25, -0.2) is 9.78 Å². The largest absolute Gasteiger partial charge is 0.421 e. The molecule has 20 heavy (non-hydrogen) atoms. The number of nitrogens with zero attached hydrogens (tertiary/aromatic N) is 2. The third kappa shape index (κ3) is 2.42. The highest BCUT2D eigenvalue weighted by Gasteiger charge is 2.08. The van der Waals surface area contributed by atoms with E-state index in [-0.39, 0.29) is 5.76 Å². The number of hydrogen-bond acceptors (Lipinski definition) is 4. The maximum atomic E-state index is 11.8. The van der Waals surface area contributed by atoms with E-state index in [1.54, 1.807) is 18.3 Å². The maximum absolute atomic E-state index is 11.8. The summed E-state index contributed by atoms with van der Waals surface area (Å²) in [6, 6.07) is 11.6. The van der Waals surface area contributed by atoms with Crippen LogP contribution in [0.1, 0.15) is 5.56 Å². The molecule has 0 spiro atoms. The van der Waals surface area contributed by atoms with Gasteiger partial charge in [-0.2, -0.15) is 0 Å². The Morgan fingerprint density at radius 1 is 1.25 bits per heavy atom. The first-order chi connectivity index (χ1) is 9.74. The summed E-state index contributed by atoms with van der Waals surface area (Å²) in [7, 11) is 0. The third-order valence-corrected chi connectivity index (χ3v) is 3.14. The number of rotatable bonds is 4. The van der Waals surface area contributed by atoms with Crippen LogP contribution in [0.5, 0.6) is 0 Å². The molecule has 0 amide bonds. The van der Waals surface area contributed by atoms with Crippen molar-refractivity contribution >= 4 is 16.9 Å². The molecule has 1 aromatic carbocycles. The minimum Gasteiger partial charge on any atom is -0.406 e. The number of benzene rings is 1. The van der Waals surface area contributed by atoms with Crippen molar-refractivity contribution in [3.63, 3.8) is 0 Å². The maximum Gasteiger partial charge on any atom is 0.421 e. The Morgan fingerprint density at radius 2 is 2.05 bits per heavy atom. The lowest BCUT2D eigenvalue weighted by molar-refractivity contribution is 0.509. The summed E-state index contributed by atoms with van der Waals surface area (Å²) in [6.07, 6.45) is 1.65. The van der Waals surface area contributed by atoms with Crippen LogP contribution in [0.4, 0.5) is 5.69 Å². The second-order valence-electron chi connectivity index (χ2n) is 4.64. The monoisotopic (exact) mass is 269 g/mol. The van der Waals surface area contributed by atoms with Gasteiger partial charge in [-0.15, -0.1) is 0 Å². The van der Waals surface area contributed by atoms with E-state index >= 15 is 0 Å². The van der Waals surface area contributed by atoms with Gasteiger partial charge in [0.2, 0.25) is 0 Å². The highest BCUT2D eigenvalue weighted by Crippen LogP contribution is 2.10. The first-order valence-electron chi connectivity index (χ1n) is 6.49. The van der Waals surface area contributed by atoms with Crippen LogP contribution >= 0.6 is 0 Å². The Hall–Kier alpha value is -2.56. The lowest BCUT2D eigenvalue weighted by Crippen LogP contribution is -2.19. The van der Waals surface area contributed by atoms with Crippen LogP contribution < -0.4 is 11.1 Å². The average molecular weight is 269 g/mol. The molecule has 5 heteroatoms. The van der Waals surface area contributed by atoms with E-state index < -0.39 is 0 Å². The van der Waals surface area contributed by atoms with Gasteiger partial charge >= 0.3 is 5.76 Å². The van der Waals surface area contributed by atoms with E-state index in [2.05, 4.69) is 10.3 Å². The molecule has 0 fully saturated rings.